The van der Waals surface area contributed by atoms with Gasteiger partial charge in [0.25, 0.3) is 5.91 Å². The van der Waals surface area contributed by atoms with Gasteiger partial charge in [0.1, 0.15) is 0 Å². The van der Waals surface area contributed by atoms with Gasteiger partial charge >= 0.3 is 5.97 Å². The molecule has 120 valence electrons. The van der Waals surface area contributed by atoms with Crippen molar-refractivity contribution < 1.29 is 14.3 Å². The molecule has 1 saturated heterocycles. The van der Waals surface area contributed by atoms with E-state index in [2.05, 4.69) is 0 Å². The molecular weight excluding hydrogens is 302 g/mol. The van der Waals surface area contributed by atoms with Crippen LogP contribution in [-0.2, 0) is 9.53 Å². The van der Waals surface area contributed by atoms with Gasteiger partial charge in [-0.05, 0) is 50.8 Å². The lowest BCUT2D eigenvalue weighted by molar-refractivity contribution is -0.148. The minimum absolute atomic E-state index is 0.0237. The number of nitrogens with zero attached hydrogens (tertiary/aromatic N) is 1. The van der Waals surface area contributed by atoms with Crippen molar-refractivity contribution in [2.24, 2.45) is 5.92 Å². The van der Waals surface area contributed by atoms with Crippen LogP contribution in [0.15, 0.2) is 24.3 Å². The molecule has 0 spiro atoms. The maximum Gasteiger partial charge on any atom is 0.306 e. The van der Waals surface area contributed by atoms with Crippen LogP contribution in [0.4, 0.5) is 0 Å². The number of ether oxygens (including phenoxy) is 1. The van der Waals surface area contributed by atoms with E-state index in [1.54, 1.807) is 24.3 Å². The lowest BCUT2D eigenvalue weighted by Gasteiger charge is -2.32. The third kappa shape index (κ3) is 4.73. The van der Waals surface area contributed by atoms with E-state index in [4.69, 9.17) is 16.3 Å². The number of esters is 1. The Morgan fingerprint density at radius 2 is 2.18 bits per heavy atom. The number of likely N-dealkylation sites (tertiary alicyclic amines) is 1. The molecule has 1 amide bonds. The normalized spacial score (nSPS) is 18.4. The number of hydrogen-bond acceptors (Lipinski definition) is 3. The van der Waals surface area contributed by atoms with Crippen molar-refractivity contribution in [3.63, 3.8) is 0 Å². The number of rotatable bonds is 4. The summed E-state index contributed by atoms with van der Waals surface area (Å²) in [6.45, 7) is 5.00. The minimum Gasteiger partial charge on any atom is -0.463 e. The Morgan fingerprint density at radius 3 is 2.86 bits per heavy atom. The molecule has 0 aliphatic carbocycles. The average molecular weight is 324 g/mol. The van der Waals surface area contributed by atoms with Crippen LogP contribution in [-0.4, -0.2) is 36.0 Å². The molecule has 4 nitrogen and oxygen atoms in total. The monoisotopic (exact) mass is 323 g/mol. The van der Waals surface area contributed by atoms with Crippen molar-refractivity contribution in [2.45, 2.75) is 39.2 Å². The first-order chi connectivity index (χ1) is 10.5. The van der Waals surface area contributed by atoms with Gasteiger partial charge in [0.2, 0.25) is 0 Å². The van der Waals surface area contributed by atoms with E-state index in [-0.39, 0.29) is 23.9 Å². The van der Waals surface area contributed by atoms with E-state index in [0.29, 0.717) is 23.6 Å². The van der Waals surface area contributed by atoms with Crippen LogP contribution in [0.1, 0.15) is 43.5 Å². The number of carbonyl (C=O) groups is 2. The lowest BCUT2D eigenvalue weighted by atomic mass is 9.94. The molecule has 22 heavy (non-hydrogen) atoms. The van der Waals surface area contributed by atoms with Crippen molar-refractivity contribution in [1.82, 2.24) is 4.90 Å². The topological polar surface area (TPSA) is 46.6 Å². The quantitative estimate of drug-likeness (QED) is 0.796. The largest absolute Gasteiger partial charge is 0.463 e. The molecule has 1 aromatic rings. The Balaban J connectivity index is 1.95. The molecule has 0 saturated carbocycles. The summed E-state index contributed by atoms with van der Waals surface area (Å²) in [5, 5.41) is 0.555. The van der Waals surface area contributed by atoms with Gasteiger partial charge in [-0.1, -0.05) is 17.7 Å². The molecule has 1 fully saturated rings. The first kappa shape index (κ1) is 16.8. The highest BCUT2D eigenvalue weighted by molar-refractivity contribution is 6.30. The van der Waals surface area contributed by atoms with Crippen molar-refractivity contribution in [2.75, 3.05) is 13.1 Å². The summed E-state index contributed by atoms with van der Waals surface area (Å²) in [7, 11) is 0. The molecule has 0 radical (unpaired) electrons. The maximum absolute atomic E-state index is 12.5. The number of carbonyl (C=O) groups excluding carboxylic acids is 2. The first-order valence-corrected chi connectivity index (χ1v) is 8.08. The van der Waals surface area contributed by atoms with Crippen LogP contribution in [0.5, 0.6) is 0 Å². The zero-order valence-electron chi connectivity index (χ0n) is 13.0. The van der Waals surface area contributed by atoms with Crippen LogP contribution in [0.3, 0.4) is 0 Å². The highest BCUT2D eigenvalue weighted by Crippen LogP contribution is 2.22. The Labute approximate surface area is 136 Å². The summed E-state index contributed by atoms with van der Waals surface area (Å²) in [6, 6.07) is 6.97. The van der Waals surface area contributed by atoms with Crippen molar-refractivity contribution in [1.29, 1.82) is 0 Å². The third-order valence-corrected chi connectivity index (χ3v) is 3.94. The molecule has 1 atom stereocenters. The smallest absolute Gasteiger partial charge is 0.306 e. The molecular formula is C17H22ClNO3. The zero-order chi connectivity index (χ0) is 16.1. The number of amides is 1. The minimum atomic E-state index is -0.183. The van der Waals surface area contributed by atoms with Crippen LogP contribution < -0.4 is 0 Å². The molecule has 1 aliphatic rings. The number of halogens is 1. The van der Waals surface area contributed by atoms with Gasteiger partial charge in [0, 0.05) is 23.7 Å². The molecule has 0 N–H and O–H groups in total. The highest BCUT2D eigenvalue weighted by Gasteiger charge is 2.26. The fourth-order valence-electron chi connectivity index (χ4n) is 2.77. The summed E-state index contributed by atoms with van der Waals surface area (Å²) < 4.78 is 5.19. The number of piperidine rings is 1. The predicted molar refractivity (Wildman–Crippen MR) is 85.9 cm³/mol. The first-order valence-electron chi connectivity index (χ1n) is 7.70. The lowest BCUT2D eigenvalue weighted by Crippen LogP contribution is -2.40. The SMILES string of the molecule is CC(C)OC(=O)C[C@H]1CCCN(C(=O)c2cccc(Cl)c2)C1. The van der Waals surface area contributed by atoms with Gasteiger partial charge in [0.15, 0.2) is 0 Å². The van der Waals surface area contributed by atoms with Crippen molar-refractivity contribution in [3.8, 4) is 0 Å². The third-order valence-electron chi connectivity index (χ3n) is 3.70. The van der Waals surface area contributed by atoms with E-state index >= 15 is 0 Å². The second-order valence-corrected chi connectivity index (χ2v) is 6.45. The summed E-state index contributed by atoms with van der Waals surface area (Å²) in [4.78, 5) is 26.1. The molecule has 5 heteroatoms. The van der Waals surface area contributed by atoms with Crippen LogP contribution in [0.2, 0.25) is 5.02 Å². The van der Waals surface area contributed by atoms with Gasteiger partial charge in [0.05, 0.1) is 12.5 Å². The van der Waals surface area contributed by atoms with Crippen molar-refractivity contribution in [3.05, 3.63) is 34.9 Å². The van der Waals surface area contributed by atoms with E-state index < -0.39 is 0 Å². The van der Waals surface area contributed by atoms with Crippen LogP contribution in [0.25, 0.3) is 0 Å². The van der Waals surface area contributed by atoms with Gasteiger partial charge in [-0.15, -0.1) is 0 Å². The van der Waals surface area contributed by atoms with Gasteiger partial charge in [-0.25, -0.2) is 0 Å². The summed E-state index contributed by atoms with van der Waals surface area (Å²) in [6.07, 6.45) is 2.14. The van der Waals surface area contributed by atoms with E-state index in [0.717, 1.165) is 19.4 Å². The standard InChI is InChI=1S/C17H22ClNO3/c1-12(2)22-16(20)9-13-5-4-8-19(11-13)17(21)14-6-3-7-15(18)10-14/h3,6-7,10,12-13H,4-5,8-9,11H2,1-2H3/t13-/m1/s1. The Bertz CT molecular complexity index is 544. The van der Waals surface area contributed by atoms with Crippen molar-refractivity contribution >= 4 is 23.5 Å². The fraction of sp³-hybridized carbons (Fsp3) is 0.529. The van der Waals surface area contributed by atoms with Gasteiger partial charge in [-0.3, -0.25) is 9.59 Å². The summed E-state index contributed by atoms with van der Waals surface area (Å²) >= 11 is 5.94. The second-order valence-electron chi connectivity index (χ2n) is 6.01. The van der Waals surface area contributed by atoms with E-state index in [1.165, 1.54) is 0 Å². The Morgan fingerprint density at radius 1 is 1.41 bits per heavy atom. The molecule has 2 rings (SSSR count). The average Bonchev–Trinajstić information content (AvgIpc) is 2.45. The second kappa shape index (κ2) is 7.63. The highest BCUT2D eigenvalue weighted by atomic mass is 35.5. The predicted octanol–water partition coefficient (Wildman–Crippen LogP) is 3.53. The fourth-order valence-corrected chi connectivity index (χ4v) is 2.96. The van der Waals surface area contributed by atoms with Gasteiger partial charge < -0.3 is 9.64 Å². The van der Waals surface area contributed by atoms with Crippen LogP contribution in [0, 0.1) is 5.92 Å². The van der Waals surface area contributed by atoms with Gasteiger partial charge in [-0.2, -0.15) is 0 Å². The zero-order valence-corrected chi connectivity index (χ0v) is 13.8. The summed E-state index contributed by atoms with van der Waals surface area (Å²) in [5.41, 5.74) is 0.595. The molecule has 0 aromatic heterocycles. The molecule has 1 heterocycles. The number of hydrogen-bond donors (Lipinski definition) is 0. The van der Waals surface area contributed by atoms with Crippen LogP contribution >= 0.6 is 11.6 Å². The Kier molecular flexibility index (Phi) is 5.83. The summed E-state index contributed by atoms with van der Waals surface area (Å²) in [5.74, 6) is -0.0374. The molecule has 0 unspecified atom stereocenters. The number of benzene rings is 1. The maximum atomic E-state index is 12.5. The molecule has 1 aromatic carbocycles. The van der Waals surface area contributed by atoms with E-state index in [9.17, 15) is 9.59 Å². The Hall–Kier alpha value is -1.55. The van der Waals surface area contributed by atoms with E-state index in [1.807, 2.05) is 18.7 Å². The molecule has 0 bridgehead atoms. The molecule has 1 aliphatic heterocycles.